The van der Waals surface area contributed by atoms with Gasteiger partial charge in [0.05, 0.1) is 23.9 Å². The second-order valence-electron chi connectivity index (χ2n) is 5.26. The lowest BCUT2D eigenvalue weighted by molar-refractivity contribution is -0.118. The fourth-order valence-corrected chi connectivity index (χ4v) is 2.94. The molecule has 0 saturated heterocycles. The van der Waals surface area contributed by atoms with E-state index in [0.717, 1.165) is 22.3 Å². The molecule has 0 aliphatic heterocycles. The van der Waals surface area contributed by atoms with Gasteiger partial charge < -0.3 is 9.72 Å². The van der Waals surface area contributed by atoms with Crippen LogP contribution < -0.4 is 10.2 Å². The largest absolute Gasteiger partial charge is 0.496 e. The molecule has 0 unspecified atom stereocenters. The van der Waals surface area contributed by atoms with Crippen LogP contribution in [0.2, 0.25) is 0 Å². The molecule has 0 saturated carbocycles. The molecule has 0 aliphatic carbocycles. The fourth-order valence-electron chi connectivity index (χ4n) is 2.27. The van der Waals surface area contributed by atoms with Gasteiger partial charge in [0.25, 0.3) is 5.91 Å². The SMILES string of the molecule is COc1ccccc1/C=C/C=N\NC(=O)CSc1nc2ccccc2[nH]1. The smallest absolute Gasteiger partial charge is 0.250 e. The van der Waals surface area contributed by atoms with E-state index >= 15 is 0 Å². The van der Waals surface area contributed by atoms with Crippen LogP contribution in [0.1, 0.15) is 5.56 Å². The first-order valence-corrected chi connectivity index (χ1v) is 8.94. The predicted molar refractivity (Wildman–Crippen MR) is 105 cm³/mol. The number of aromatic amines is 1. The molecule has 0 aliphatic rings. The molecule has 3 aromatic rings. The molecule has 3 rings (SSSR count). The summed E-state index contributed by atoms with van der Waals surface area (Å²) >= 11 is 1.33. The van der Waals surface area contributed by atoms with E-state index in [1.807, 2.05) is 54.6 Å². The van der Waals surface area contributed by atoms with Gasteiger partial charge in [-0.2, -0.15) is 5.10 Å². The number of ether oxygens (including phenoxy) is 1. The Kier molecular flexibility index (Phi) is 6.05. The van der Waals surface area contributed by atoms with E-state index in [1.165, 1.54) is 18.0 Å². The van der Waals surface area contributed by atoms with Crippen LogP contribution in [0, 0.1) is 0 Å². The zero-order valence-electron chi connectivity index (χ0n) is 14.2. The Balaban J connectivity index is 1.46. The van der Waals surface area contributed by atoms with Gasteiger partial charge in [-0.05, 0) is 30.4 Å². The standard InChI is InChI=1S/C19H18N4O2S/c1-25-17-11-5-2-7-14(17)8-6-12-20-23-18(24)13-26-19-21-15-9-3-4-10-16(15)22-19/h2-12H,13H2,1H3,(H,21,22)(H,23,24)/b8-6+,20-12-. The summed E-state index contributed by atoms with van der Waals surface area (Å²) < 4.78 is 5.26. The van der Waals surface area contributed by atoms with Crippen molar-refractivity contribution in [3.8, 4) is 5.75 Å². The van der Waals surface area contributed by atoms with Crippen molar-refractivity contribution in [1.29, 1.82) is 0 Å². The Morgan fingerprint density at radius 1 is 1.27 bits per heavy atom. The number of hydrogen-bond donors (Lipinski definition) is 2. The lowest BCUT2D eigenvalue weighted by atomic mass is 10.2. The first-order chi connectivity index (χ1) is 12.8. The number of carbonyl (C=O) groups excluding carboxylic acids is 1. The van der Waals surface area contributed by atoms with Crippen molar-refractivity contribution in [3.63, 3.8) is 0 Å². The minimum Gasteiger partial charge on any atom is -0.496 e. The van der Waals surface area contributed by atoms with Crippen LogP contribution in [0.15, 0.2) is 64.9 Å². The van der Waals surface area contributed by atoms with E-state index in [1.54, 1.807) is 13.2 Å². The number of thioether (sulfide) groups is 1. The third kappa shape index (κ3) is 4.73. The van der Waals surface area contributed by atoms with Crippen molar-refractivity contribution < 1.29 is 9.53 Å². The normalized spacial score (nSPS) is 11.4. The van der Waals surface area contributed by atoms with E-state index in [9.17, 15) is 4.79 Å². The van der Waals surface area contributed by atoms with Crippen LogP contribution in [-0.2, 0) is 4.79 Å². The van der Waals surface area contributed by atoms with Crippen molar-refractivity contribution >= 4 is 41.0 Å². The lowest BCUT2D eigenvalue weighted by Crippen LogP contribution is -2.19. The Morgan fingerprint density at radius 3 is 2.92 bits per heavy atom. The molecule has 7 heteroatoms. The molecule has 132 valence electrons. The summed E-state index contributed by atoms with van der Waals surface area (Å²) in [7, 11) is 1.63. The van der Waals surface area contributed by atoms with Crippen LogP contribution in [0.25, 0.3) is 17.1 Å². The number of aromatic nitrogens is 2. The molecular weight excluding hydrogens is 348 g/mol. The molecule has 0 radical (unpaired) electrons. The maximum atomic E-state index is 11.8. The first-order valence-electron chi connectivity index (χ1n) is 7.95. The number of H-pyrrole nitrogens is 1. The molecule has 0 spiro atoms. The second-order valence-corrected chi connectivity index (χ2v) is 6.23. The predicted octanol–water partition coefficient (Wildman–Crippen LogP) is 3.48. The van der Waals surface area contributed by atoms with E-state index < -0.39 is 0 Å². The number of nitrogens with one attached hydrogen (secondary N) is 2. The Bertz CT molecular complexity index is 916. The van der Waals surface area contributed by atoms with Gasteiger partial charge in [-0.25, -0.2) is 10.4 Å². The zero-order valence-corrected chi connectivity index (χ0v) is 15.0. The highest BCUT2D eigenvalue weighted by molar-refractivity contribution is 7.99. The van der Waals surface area contributed by atoms with Crippen molar-refractivity contribution in [2.75, 3.05) is 12.9 Å². The number of imidazole rings is 1. The highest BCUT2D eigenvalue weighted by atomic mass is 32.2. The van der Waals surface area contributed by atoms with E-state index in [0.29, 0.717) is 5.16 Å². The monoisotopic (exact) mass is 366 g/mol. The number of nitrogens with zero attached hydrogens (tertiary/aromatic N) is 2. The van der Waals surface area contributed by atoms with Gasteiger partial charge in [0.15, 0.2) is 5.16 Å². The topological polar surface area (TPSA) is 79.4 Å². The molecule has 26 heavy (non-hydrogen) atoms. The summed E-state index contributed by atoms with van der Waals surface area (Å²) in [6, 6.07) is 15.4. The third-order valence-corrected chi connectivity index (χ3v) is 4.35. The summed E-state index contributed by atoms with van der Waals surface area (Å²) in [4.78, 5) is 19.4. The molecule has 0 bridgehead atoms. The summed E-state index contributed by atoms with van der Waals surface area (Å²) in [5.41, 5.74) is 5.26. The number of allylic oxidation sites excluding steroid dienone is 1. The third-order valence-electron chi connectivity index (χ3n) is 3.47. The number of hydrazone groups is 1. The van der Waals surface area contributed by atoms with E-state index in [-0.39, 0.29) is 11.7 Å². The number of methoxy groups -OCH3 is 1. The van der Waals surface area contributed by atoms with Crippen molar-refractivity contribution in [2.45, 2.75) is 5.16 Å². The quantitative estimate of drug-likeness (QED) is 0.381. The summed E-state index contributed by atoms with van der Waals surface area (Å²) in [6.07, 6.45) is 5.12. The average molecular weight is 366 g/mol. The Labute approximate surface area is 155 Å². The number of hydrogen-bond acceptors (Lipinski definition) is 5. The zero-order chi connectivity index (χ0) is 18.2. The number of rotatable bonds is 7. The summed E-state index contributed by atoms with van der Waals surface area (Å²) in [6.45, 7) is 0. The van der Waals surface area contributed by atoms with Gasteiger partial charge >= 0.3 is 0 Å². The highest BCUT2D eigenvalue weighted by Crippen LogP contribution is 2.19. The molecule has 0 fully saturated rings. The molecule has 1 aromatic heterocycles. The van der Waals surface area contributed by atoms with Crippen LogP contribution in [0.4, 0.5) is 0 Å². The number of benzene rings is 2. The highest BCUT2D eigenvalue weighted by Gasteiger charge is 2.05. The van der Waals surface area contributed by atoms with Gasteiger partial charge in [0.2, 0.25) is 0 Å². The Morgan fingerprint density at radius 2 is 2.08 bits per heavy atom. The Hall–Kier alpha value is -3.06. The fraction of sp³-hybridized carbons (Fsp3) is 0.105. The maximum absolute atomic E-state index is 11.8. The first kappa shape index (κ1) is 17.8. The van der Waals surface area contributed by atoms with Gasteiger partial charge in [-0.1, -0.05) is 42.1 Å². The number of fused-ring (bicyclic) bond motifs is 1. The second kappa shape index (κ2) is 8.87. The molecular formula is C19H18N4O2S. The number of para-hydroxylation sites is 3. The van der Waals surface area contributed by atoms with Crippen LogP contribution in [0.5, 0.6) is 5.75 Å². The molecule has 1 heterocycles. The molecule has 1 amide bonds. The molecule has 2 aromatic carbocycles. The van der Waals surface area contributed by atoms with Crippen molar-refractivity contribution in [3.05, 3.63) is 60.2 Å². The summed E-state index contributed by atoms with van der Waals surface area (Å²) in [5, 5.41) is 4.61. The van der Waals surface area contributed by atoms with Crippen LogP contribution in [-0.4, -0.2) is 35.0 Å². The van der Waals surface area contributed by atoms with Gasteiger partial charge in [-0.3, -0.25) is 4.79 Å². The van der Waals surface area contributed by atoms with E-state index in [4.69, 9.17) is 4.74 Å². The van der Waals surface area contributed by atoms with Gasteiger partial charge in [0.1, 0.15) is 5.75 Å². The molecule has 2 N–H and O–H groups in total. The number of amides is 1. The minimum atomic E-state index is -0.197. The minimum absolute atomic E-state index is 0.197. The van der Waals surface area contributed by atoms with Gasteiger partial charge in [-0.15, -0.1) is 0 Å². The summed E-state index contributed by atoms with van der Waals surface area (Å²) in [5.74, 6) is 0.814. The van der Waals surface area contributed by atoms with Crippen LogP contribution >= 0.6 is 11.8 Å². The van der Waals surface area contributed by atoms with Crippen LogP contribution in [0.3, 0.4) is 0 Å². The van der Waals surface area contributed by atoms with Crippen molar-refractivity contribution in [2.24, 2.45) is 5.10 Å². The van der Waals surface area contributed by atoms with E-state index in [2.05, 4.69) is 20.5 Å². The number of carbonyl (C=O) groups is 1. The lowest BCUT2D eigenvalue weighted by Gasteiger charge is -2.02. The molecule has 6 nitrogen and oxygen atoms in total. The van der Waals surface area contributed by atoms with Gasteiger partial charge in [0, 0.05) is 11.8 Å². The molecule has 0 atom stereocenters. The maximum Gasteiger partial charge on any atom is 0.250 e. The van der Waals surface area contributed by atoms with Crippen molar-refractivity contribution in [1.82, 2.24) is 15.4 Å². The average Bonchev–Trinajstić information content (AvgIpc) is 3.09.